The second-order valence-electron chi connectivity index (χ2n) is 7.93. The smallest absolute Gasteiger partial charge is 0.222 e. The van der Waals surface area contributed by atoms with E-state index < -0.39 is 0 Å². The largest absolute Gasteiger partial charge is 0.378 e. The second-order valence-corrected chi connectivity index (χ2v) is 7.93. The number of benzene rings is 1. The molecular formula is C21H35N3O. The molecule has 0 bridgehead atoms. The van der Waals surface area contributed by atoms with E-state index in [1.165, 1.54) is 30.6 Å². The highest BCUT2D eigenvalue weighted by atomic mass is 16.2. The highest BCUT2D eigenvalue weighted by Gasteiger charge is 2.23. The van der Waals surface area contributed by atoms with Gasteiger partial charge in [0.1, 0.15) is 0 Å². The average molecular weight is 346 g/mol. The zero-order chi connectivity index (χ0) is 18.4. The van der Waals surface area contributed by atoms with Crippen molar-refractivity contribution in [2.75, 3.05) is 45.7 Å². The summed E-state index contributed by atoms with van der Waals surface area (Å²) in [4.78, 5) is 19.1. The van der Waals surface area contributed by atoms with E-state index in [0.717, 1.165) is 19.5 Å². The first kappa shape index (κ1) is 19.8. The molecule has 0 aromatic heterocycles. The molecule has 1 unspecified atom stereocenters. The first-order chi connectivity index (χ1) is 11.9. The van der Waals surface area contributed by atoms with Gasteiger partial charge in [-0.15, -0.1) is 0 Å². The minimum absolute atomic E-state index is 0.262. The molecular weight excluding hydrogens is 310 g/mol. The molecule has 1 amide bonds. The van der Waals surface area contributed by atoms with Crippen LogP contribution >= 0.6 is 0 Å². The van der Waals surface area contributed by atoms with Crippen molar-refractivity contribution in [1.82, 2.24) is 9.80 Å². The normalized spacial score (nSPS) is 18.4. The molecule has 1 saturated heterocycles. The van der Waals surface area contributed by atoms with Crippen LogP contribution < -0.4 is 4.90 Å². The molecule has 0 aliphatic carbocycles. The molecule has 0 saturated carbocycles. The molecule has 0 radical (unpaired) electrons. The molecule has 1 fully saturated rings. The number of rotatable bonds is 7. The number of carbonyl (C=O) groups is 1. The van der Waals surface area contributed by atoms with Crippen molar-refractivity contribution in [3.05, 3.63) is 29.8 Å². The number of amides is 1. The lowest BCUT2D eigenvalue weighted by Gasteiger charge is -2.37. The Morgan fingerprint density at radius 1 is 1.20 bits per heavy atom. The summed E-state index contributed by atoms with van der Waals surface area (Å²) in [6.07, 6.45) is 3.91. The van der Waals surface area contributed by atoms with Crippen LogP contribution in [0.3, 0.4) is 0 Å². The van der Waals surface area contributed by atoms with Crippen molar-refractivity contribution >= 4 is 11.6 Å². The standard InChI is InChI=1S/C21H35N3O/c1-17(2)24-14-6-7-19(16-24)15-23(5)21(25)13-10-18-8-11-20(12-9-18)22(3)4/h8-9,11-12,17,19H,6-7,10,13-16H2,1-5H3. The van der Waals surface area contributed by atoms with E-state index in [2.05, 4.69) is 47.9 Å². The molecule has 1 aromatic carbocycles. The lowest BCUT2D eigenvalue weighted by Crippen LogP contribution is -2.44. The van der Waals surface area contributed by atoms with E-state index in [0.29, 0.717) is 18.4 Å². The number of nitrogens with zero attached hydrogens (tertiary/aromatic N) is 3. The molecule has 1 aromatic rings. The van der Waals surface area contributed by atoms with Gasteiger partial charge in [-0.1, -0.05) is 12.1 Å². The Bertz CT molecular complexity index is 539. The van der Waals surface area contributed by atoms with Gasteiger partial charge < -0.3 is 14.7 Å². The maximum atomic E-state index is 12.5. The molecule has 0 N–H and O–H groups in total. The minimum atomic E-state index is 0.262. The fourth-order valence-corrected chi connectivity index (χ4v) is 3.61. The minimum Gasteiger partial charge on any atom is -0.378 e. The molecule has 1 aliphatic heterocycles. The van der Waals surface area contributed by atoms with Gasteiger partial charge in [0.2, 0.25) is 5.91 Å². The Kier molecular flexibility index (Phi) is 7.30. The first-order valence-corrected chi connectivity index (χ1v) is 9.61. The van der Waals surface area contributed by atoms with Crippen LogP contribution in [0.4, 0.5) is 5.69 Å². The van der Waals surface area contributed by atoms with Crippen molar-refractivity contribution in [1.29, 1.82) is 0 Å². The summed E-state index contributed by atoms with van der Waals surface area (Å²) in [5.74, 6) is 0.878. The highest BCUT2D eigenvalue weighted by molar-refractivity contribution is 5.76. The third-order valence-corrected chi connectivity index (χ3v) is 5.32. The monoisotopic (exact) mass is 345 g/mol. The number of piperidine rings is 1. The maximum absolute atomic E-state index is 12.5. The second kappa shape index (κ2) is 9.23. The van der Waals surface area contributed by atoms with Crippen molar-refractivity contribution in [3.63, 3.8) is 0 Å². The summed E-state index contributed by atoms with van der Waals surface area (Å²) in [6, 6.07) is 9.10. The van der Waals surface area contributed by atoms with Crippen LogP contribution in [0.2, 0.25) is 0 Å². The van der Waals surface area contributed by atoms with Gasteiger partial charge >= 0.3 is 0 Å². The number of anilines is 1. The average Bonchev–Trinajstić information content (AvgIpc) is 2.60. The van der Waals surface area contributed by atoms with E-state index in [4.69, 9.17) is 0 Å². The lowest BCUT2D eigenvalue weighted by atomic mass is 9.96. The number of aryl methyl sites for hydroxylation is 1. The van der Waals surface area contributed by atoms with E-state index in [9.17, 15) is 4.79 Å². The van der Waals surface area contributed by atoms with Crippen LogP contribution in [0.15, 0.2) is 24.3 Å². The van der Waals surface area contributed by atoms with Crippen molar-refractivity contribution < 1.29 is 4.79 Å². The quantitative estimate of drug-likeness (QED) is 0.759. The SMILES string of the molecule is CC(C)N1CCCC(CN(C)C(=O)CCc2ccc(N(C)C)cc2)C1. The molecule has 1 atom stereocenters. The number of likely N-dealkylation sites (tertiary alicyclic amines) is 1. The maximum Gasteiger partial charge on any atom is 0.222 e. The van der Waals surface area contributed by atoms with E-state index in [-0.39, 0.29) is 5.91 Å². The zero-order valence-corrected chi connectivity index (χ0v) is 16.7. The summed E-state index contributed by atoms with van der Waals surface area (Å²) in [6.45, 7) is 7.75. The topological polar surface area (TPSA) is 26.8 Å². The van der Waals surface area contributed by atoms with Crippen molar-refractivity contribution in [3.8, 4) is 0 Å². The lowest BCUT2D eigenvalue weighted by molar-refractivity contribution is -0.130. The molecule has 0 spiro atoms. The van der Waals surface area contributed by atoms with Crippen LogP contribution in [0.5, 0.6) is 0 Å². The molecule has 4 heteroatoms. The Morgan fingerprint density at radius 2 is 1.88 bits per heavy atom. The highest BCUT2D eigenvalue weighted by Crippen LogP contribution is 2.20. The zero-order valence-electron chi connectivity index (χ0n) is 16.7. The van der Waals surface area contributed by atoms with E-state index >= 15 is 0 Å². The summed E-state index contributed by atoms with van der Waals surface area (Å²) in [7, 11) is 6.05. The fourth-order valence-electron chi connectivity index (χ4n) is 3.61. The molecule has 1 aliphatic rings. The van der Waals surface area contributed by atoms with Crippen LogP contribution in [0, 0.1) is 5.92 Å². The van der Waals surface area contributed by atoms with Gasteiger partial charge in [0.25, 0.3) is 0 Å². The van der Waals surface area contributed by atoms with Crippen molar-refractivity contribution in [2.24, 2.45) is 5.92 Å². The van der Waals surface area contributed by atoms with E-state index in [1.54, 1.807) is 0 Å². The fraction of sp³-hybridized carbons (Fsp3) is 0.667. The summed E-state index contributed by atoms with van der Waals surface area (Å²) in [5.41, 5.74) is 2.43. The molecule has 25 heavy (non-hydrogen) atoms. The Hall–Kier alpha value is -1.55. The predicted molar refractivity (Wildman–Crippen MR) is 106 cm³/mol. The third-order valence-electron chi connectivity index (χ3n) is 5.32. The summed E-state index contributed by atoms with van der Waals surface area (Å²) < 4.78 is 0. The Labute approximate surface area is 153 Å². The summed E-state index contributed by atoms with van der Waals surface area (Å²) >= 11 is 0. The van der Waals surface area contributed by atoms with Gasteiger partial charge in [-0.05, 0) is 63.3 Å². The van der Waals surface area contributed by atoms with Crippen molar-refractivity contribution in [2.45, 2.75) is 45.6 Å². The van der Waals surface area contributed by atoms with E-state index in [1.807, 2.05) is 26.0 Å². The molecule has 140 valence electrons. The Morgan fingerprint density at radius 3 is 2.48 bits per heavy atom. The molecule has 4 nitrogen and oxygen atoms in total. The van der Waals surface area contributed by atoms with Crippen LogP contribution in [-0.4, -0.2) is 62.5 Å². The first-order valence-electron chi connectivity index (χ1n) is 9.61. The van der Waals surface area contributed by atoms with Gasteiger partial charge in [-0.2, -0.15) is 0 Å². The third kappa shape index (κ3) is 6.03. The summed E-state index contributed by atoms with van der Waals surface area (Å²) in [5, 5.41) is 0. The molecule has 2 rings (SSSR count). The van der Waals surface area contributed by atoms with Crippen LogP contribution in [0.1, 0.15) is 38.7 Å². The van der Waals surface area contributed by atoms with Gasteiger partial charge in [0.15, 0.2) is 0 Å². The number of carbonyl (C=O) groups excluding carboxylic acids is 1. The van der Waals surface area contributed by atoms with Gasteiger partial charge in [0, 0.05) is 52.4 Å². The predicted octanol–water partition coefficient (Wildman–Crippen LogP) is 3.26. The Balaban J connectivity index is 1.78. The van der Waals surface area contributed by atoms with Gasteiger partial charge in [-0.3, -0.25) is 4.79 Å². The number of hydrogen-bond donors (Lipinski definition) is 0. The van der Waals surface area contributed by atoms with Crippen LogP contribution in [-0.2, 0) is 11.2 Å². The molecule has 1 heterocycles. The van der Waals surface area contributed by atoms with Crippen LogP contribution in [0.25, 0.3) is 0 Å². The van der Waals surface area contributed by atoms with Gasteiger partial charge in [-0.25, -0.2) is 0 Å². The number of hydrogen-bond acceptors (Lipinski definition) is 3. The van der Waals surface area contributed by atoms with Gasteiger partial charge in [0.05, 0.1) is 0 Å².